The van der Waals surface area contributed by atoms with E-state index in [1.807, 2.05) is 6.92 Å². The van der Waals surface area contributed by atoms with Gasteiger partial charge in [0.1, 0.15) is 5.75 Å². The molecular formula is C13H16F2N4O. The van der Waals surface area contributed by atoms with Crippen LogP contribution in [0.5, 0.6) is 5.75 Å². The summed E-state index contributed by atoms with van der Waals surface area (Å²) in [6, 6.07) is 6.19. The number of nitrogens with one attached hydrogen (secondary N) is 1. The highest BCUT2D eigenvalue weighted by Gasteiger charge is 2.12. The molecule has 1 heterocycles. The molecule has 5 nitrogen and oxygen atoms in total. The van der Waals surface area contributed by atoms with Crippen LogP contribution < -0.4 is 15.8 Å². The van der Waals surface area contributed by atoms with Crippen LogP contribution in [0.1, 0.15) is 12.6 Å². The topological polar surface area (TPSA) is 65.1 Å². The lowest BCUT2D eigenvalue weighted by Gasteiger charge is -2.09. The van der Waals surface area contributed by atoms with Gasteiger partial charge in [0, 0.05) is 12.7 Å². The Bertz CT molecular complexity index is 581. The Morgan fingerprint density at radius 2 is 2.00 bits per heavy atom. The Kier molecular flexibility index (Phi) is 4.07. The van der Waals surface area contributed by atoms with Gasteiger partial charge in [-0.1, -0.05) is 6.92 Å². The second kappa shape index (κ2) is 5.77. The summed E-state index contributed by atoms with van der Waals surface area (Å²) in [7, 11) is 1.78. The van der Waals surface area contributed by atoms with Crippen molar-refractivity contribution in [3.05, 3.63) is 30.0 Å². The molecule has 20 heavy (non-hydrogen) atoms. The number of nitrogens with two attached hydrogens (primary N) is 1. The molecule has 0 aliphatic heterocycles. The van der Waals surface area contributed by atoms with Gasteiger partial charge in [-0.25, -0.2) is 0 Å². The third-order valence-corrected chi connectivity index (χ3v) is 2.84. The number of nitrogens with zero attached hydrogens (tertiary/aromatic N) is 2. The third kappa shape index (κ3) is 2.98. The molecule has 0 aliphatic carbocycles. The molecule has 0 bridgehead atoms. The van der Waals surface area contributed by atoms with E-state index < -0.39 is 6.61 Å². The van der Waals surface area contributed by atoms with Crippen LogP contribution in [-0.4, -0.2) is 16.4 Å². The molecule has 0 saturated carbocycles. The highest BCUT2D eigenvalue weighted by atomic mass is 19.3. The summed E-state index contributed by atoms with van der Waals surface area (Å²) in [4.78, 5) is 0. The second-order valence-corrected chi connectivity index (χ2v) is 4.21. The molecule has 0 fully saturated rings. The SMILES string of the molecule is CCc1nn(C)c(Nc2ccc(OC(F)F)cc2)c1N. The summed E-state index contributed by atoms with van der Waals surface area (Å²) in [5.74, 6) is 0.780. The molecule has 1 aromatic carbocycles. The third-order valence-electron chi connectivity index (χ3n) is 2.84. The number of benzene rings is 1. The quantitative estimate of drug-likeness (QED) is 0.885. The van der Waals surface area contributed by atoms with Crippen LogP contribution in [0.15, 0.2) is 24.3 Å². The van der Waals surface area contributed by atoms with Gasteiger partial charge in [-0.2, -0.15) is 13.9 Å². The van der Waals surface area contributed by atoms with E-state index in [-0.39, 0.29) is 5.75 Å². The maximum absolute atomic E-state index is 12.0. The van der Waals surface area contributed by atoms with E-state index in [9.17, 15) is 8.78 Å². The number of rotatable bonds is 5. The molecule has 3 N–H and O–H groups in total. The smallest absolute Gasteiger partial charge is 0.387 e. The van der Waals surface area contributed by atoms with Crippen LogP contribution >= 0.6 is 0 Å². The lowest BCUT2D eigenvalue weighted by molar-refractivity contribution is -0.0498. The Balaban J connectivity index is 2.16. The highest BCUT2D eigenvalue weighted by Crippen LogP contribution is 2.27. The maximum atomic E-state index is 12.0. The first kappa shape index (κ1) is 14.1. The molecule has 0 saturated heterocycles. The van der Waals surface area contributed by atoms with Crippen molar-refractivity contribution in [2.45, 2.75) is 20.0 Å². The summed E-state index contributed by atoms with van der Waals surface area (Å²) < 4.78 is 30.0. The average Bonchev–Trinajstić information content (AvgIpc) is 2.67. The largest absolute Gasteiger partial charge is 0.435 e. The van der Waals surface area contributed by atoms with Crippen LogP contribution in [0.4, 0.5) is 26.0 Å². The van der Waals surface area contributed by atoms with Gasteiger partial charge in [-0.15, -0.1) is 0 Å². The Hall–Kier alpha value is -2.31. The normalized spacial score (nSPS) is 10.8. The Morgan fingerprint density at radius 3 is 2.50 bits per heavy atom. The molecule has 0 unspecified atom stereocenters. The van der Waals surface area contributed by atoms with Crippen LogP contribution in [0, 0.1) is 0 Å². The lowest BCUT2D eigenvalue weighted by Crippen LogP contribution is -2.03. The molecule has 1 aromatic heterocycles. The number of ether oxygens (including phenoxy) is 1. The van der Waals surface area contributed by atoms with Gasteiger partial charge in [0.05, 0.1) is 11.4 Å². The minimum Gasteiger partial charge on any atom is -0.435 e. The average molecular weight is 282 g/mol. The van der Waals surface area contributed by atoms with Crippen molar-refractivity contribution in [3.8, 4) is 5.75 Å². The van der Waals surface area contributed by atoms with Crippen LogP contribution in [0.25, 0.3) is 0 Å². The van der Waals surface area contributed by atoms with Gasteiger partial charge < -0.3 is 15.8 Å². The number of hydrogen-bond donors (Lipinski definition) is 2. The number of aromatic nitrogens is 2. The van der Waals surface area contributed by atoms with Crippen LogP contribution in [0.2, 0.25) is 0 Å². The lowest BCUT2D eigenvalue weighted by atomic mass is 10.2. The standard InChI is InChI=1S/C13H16F2N4O/c1-3-10-11(16)12(19(2)18-10)17-8-4-6-9(7-5-8)20-13(14)15/h4-7,13,17H,3,16H2,1-2H3. The molecule has 108 valence electrons. The number of halogens is 2. The molecule has 0 radical (unpaired) electrons. The predicted octanol–water partition coefficient (Wildman–Crippen LogP) is 2.91. The monoisotopic (exact) mass is 282 g/mol. The van der Waals surface area contributed by atoms with Crippen molar-refractivity contribution in [3.63, 3.8) is 0 Å². The zero-order valence-electron chi connectivity index (χ0n) is 11.2. The summed E-state index contributed by atoms with van der Waals surface area (Å²) >= 11 is 0. The van der Waals surface area contributed by atoms with Gasteiger partial charge in [-0.05, 0) is 30.7 Å². The zero-order valence-corrected chi connectivity index (χ0v) is 11.2. The van der Waals surface area contributed by atoms with E-state index >= 15 is 0 Å². The van der Waals surface area contributed by atoms with Gasteiger partial charge in [0.2, 0.25) is 0 Å². The van der Waals surface area contributed by atoms with Crippen molar-refractivity contribution in [2.24, 2.45) is 7.05 Å². The van der Waals surface area contributed by atoms with Crippen molar-refractivity contribution < 1.29 is 13.5 Å². The van der Waals surface area contributed by atoms with E-state index in [0.29, 0.717) is 17.2 Å². The summed E-state index contributed by atoms with van der Waals surface area (Å²) in [5, 5.41) is 7.40. The zero-order chi connectivity index (χ0) is 14.7. The summed E-state index contributed by atoms with van der Waals surface area (Å²) in [6.07, 6.45) is 0.739. The van der Waals surface area contributed by atoms with Gasteiger partial charge in [0.15, 0.2) is 5.82 Å². The molecule has 0 aliphatic rings. The number of aryl methyl sites for hydroxylation is 2. The number of alkyl halides is 2. The van der Waals surface area contributed by atoms with Gasteiger partial charge in [0.25, 0.3) is 0 Å². The fourth-order valence-corrected chi connectivity index (χ4v) is 1.86. The fourth-order valence-electron chi connectivity index (χ4n) is 1.86. The Labute approximate surface area is 115 Å². The van der Waals surface area contributed by atoms with Crippen LogP contribution in [0.3, 0.4) is 0 Å². The molecular weight excluding hydrogens is 266 g/mol. The van der Waals surface area contributed by atoms with Crippen molar-refractivity contribution in [2.75, 3.05) is 11.1 Å². The van der Waals surface area contributed by atoms with E-state index in [0.717, 1.165) is 12.1 Å². The molecule has 0 amide bonds. The molecule has 7 heteroatoms. The molecule has 0 atom stereocenters. The first-order valence-electron chi connectivity index (χ1n) is 6.14. The number of hydrogen-bond acceptors (Lipinski definition) is 4. The van der Waals surface area contributed by atoms with E-state index in [1.165, 1.54) is 12.1 Å². The van der Waals surface area contributed by atoms with Crippen molar-refractivity contribution in [1.29, 1.82) is 0 Å². The summed E-state index contributed by atoms with van der Waals surface area (Å²) in [5.41, 5.74) is 8.10. The van der Waals surface area contributed by atoms with Gasteiger partial charge in [-0.3, -0.25) is 4.68 Å². The van der Waals surface area contributed by atoms with E-state index in [1.54, 1.807) is 23.9 Å². The minimum absolute atomic E-state index is 0.109. The van der Waals surface area contributed by atoms with E-state index in [4.69, 9.17) is 5.73 Å². The fraction of sp³-hybridized carbons (Fsp3) is 0.308. The number of nitrogen functional groups attached to an aromatic ring is 1. The number of anilines is 3. The first-order valence-corrected chi connectivity index (χ1v) is 6.14. The second-order valence-electron chi connectivity index (χ2n) is 4.21. The predicted molar refractivity (Wildman–Crippen MR) is 73.4 cm³/mol. The first-order chi connectivity index (χ1) is 9.51. The Morgan fingerprint density at radius 1 is 1.35 bits per heavy atom. The minimum atomic E-state index is -2.83. The van der Waals surface area contributed by atoms with Gasteiger partial charge >= 0.3 is 6.61 Å². The summed E-state index contributed by atoms with van der Waals surface area (Å²) in [6.45, 7) is -0.854. The highest BCUT2D eigenvalue weighted by molar-refractivity contribution is 5.71. The van der Waals surface area contributed by atoms with Crippen molar-refractivity contribution in [1.82, 2.24) is 9.78 Å². The van der Waals surface area contributed by atoms with E-state index in [2.05, 4.69) is 15.2 Å². The van der Waals surface area contributed by atoms with Crippen LogP contribution in [-0.2, 0) is 13.5 Å². The molecule has 2 rings (SSSR count). The molecule has 2 aromatic rings. The maximum Gasteiger partial charge on any atom is 0.387 e. The van der Waals surface area contributed by atoms with Crippen molar-refractivity contribution >= 4 is 17.2 Å². The molecule has 0 spiro atoms.